The molecule has 0 radical (unpaired) electrons. The van der Waals surface area contributed by atoms with Crippen LogP contribution in [0.25, 0.3) is 22.4 Å². The predicted octanol–water partition coefficient (Wildman–Crippen LogP) is 5.04. The van der Waals surface area contributed by atoms with Crippen LogP contribution >= 0.6 is 0 Å². The van der Waals surface area contributed by atoms with Gasteiger partial charge in [0.1, 0.15) is 5.82 Å². The van der Waals surface area contributed by atoms with E-state index < -0.39 is 9.84 Å². The molecule has 2 fully saturated rings. The molecule has 3 aromatic carbocycles. The number of anilines is 1. The zero-order chi connectivity index (χ0) is 28.2. The number of amides is 1. The van der Waals surface area contributed by atoms with Crippen LogP contribution in [0.4, 0.5) is 5.69 Å². The van der Waals surface area contributed by atoms with E-state index in [1.165, 1.54) is 12.8 Å². The van der Waals surface area contributed by atoms with Gasteiger partial charge in [0.05, 0.1) is 29.4 Å². The first-order valence-corrected chi connectivity index (χ1v) is 16.1. The topological polar surface area (TPSA) is 107 Å². The zero-order valence-electron chi connectivity index (χ0n) is 23.0. The van der Waals surface area contributed by atoms with Gasteiger partial charge >= 0.3 is 0 Å². The molecular weight excluding hydrogens is 534 g/mol. The lowest BCUT2D eigenvalue weighted by Crippen LogP contribution is -2.39. The molecule has 2 aliphatic heterocycles. The van der Waals surface area contributed by atoms with Crippen LogP contribution in [0.3, 0.4) is 0 Å². The summed E-state index contributed by atoms with van der Waals surface area (Å²) >= 11 is 0. The summed E-state index contributed by atoms with van der Waals surface area (Å²) in [6.45, 7) is 2.86. The van der Waals surface area contributed by atoms with Crippen LogP contribution in [0.1, 0.15) is 47.1 Å². The van der Waals surface area contributed by atoms with Crippen LogP contribution in [0.2, 0.25) is 0 Å². The van der Waals surface area contributed by atoms with Crippen molar-refractivity contribution in [3.8, 4) is 22.4 Å². The van der Waals surface area contributed by atoms with Gasteiger partial charge in [-0.1, -0.05) is 55.0 Å². The number of sulfone groups is 1. The van der Waals surface area contributed by atoms with Crippen LogP contribution in [0, 0.1) is 0 Å². The number of H-pyrrole nitrogens is 1. The molecule has 0 saturated carbocycles. The zero-order valence-corrected chi connectivity index (χ0v) is 23.8. The fourth-order valence-electron chi connectivity index (χ4n) is 5.47. The van der Waals surface area contributed by atoms with Crippen LogP contribution in [-0.4, -0.2) is 60.3 Å². The lowest BCUT2D eigenvalue weighted by molar-refractivity contribution is 0.102. The second-order valence-corrected chi connectivity index (χ2v) is 13.2. The van der Waals surface area contributed by atoms with E-state index in [1.54, 1.807) is 0 Å². The molecule has 1 atom stereocenters. The summed E-state index contributed by atoms with van der Waals surface area (Å²) in [6.07, 6.45) is 5.48. The van der Waals surface area contributed by atoms with E-state index in [0.29, 0.717) is 31.2 Å². The summed E-state index contributed by atoms with van der Waals surface area (Å²) in [4.78, 5) is 23.1. The van der Waals surface area contributed by atoms with Crippen molar-refractivity contribution in [2.24, 2.45) is 0 Å². The summed E-state index contributed by atoms with van der Waals surface area (Å²) in [5, 5.41) is 6.50. The Bertz CT molecular complexity index is 1580. The number of nitrogens with zero attached hydrogens (tertiary/aromatic N) is 2. The molecule has 0 spiro atoms. The summed E-state index contributed by atoms with van der Waals surface area (Å²) in [5.74, 6) is 1.28. The van der Waals surface area contributed by atoms with Gasteiger partial charge in [-0.3, -0.25) is 9.69 Å². The average Bonchev–Trinajstić information content (AvgIpc) is 3.50. The van der Waals surface area contributed by atoms with Crippen molar-refractivity contribution in [3.05, 3.63) is 95.9 Å². The Morgan fingerprint density at radius 1 is 0.878 bits per heavy atom. The van der Waals surface area contributed by atoms with E-state index in [0.717, 1.165) is 52.4 Å². The van der Waals surface area contributed by atoms with Gasteiger partial charge < -0.3 is 15.6 Å². The van der Waals surface area contributed by atoms with Crippen molar-refractivity contribution < 1.29 is 13.2 Å². The number of hydrogen-bond donors (Lipinski definition) is 3. The average molecular weight is 570 g/mol. The molecule has 3 heterocycles. The first kappa shape index (κ1) is 27.4. The first-order valence-electron chi connectivity index (χ1n) is 14.2. The maximum Gasteiger partial charge on any atom is 0.255 e. The standard InChI is InChI=1S/C32H35N5O3S/c38-32(35-28-14-4-23(5-15-28)22-37-17-19-41(39,40)20-18-37)27-12-8-25(9-13-27)24-6-10-26(11-7-24)30-21-34-31(36-30)29-3-1-2-16-33-29/h4-15,21,29,33H,1-3,16-20,22H2,(H,34,36)(H,35,38)/t29-/m0/s1. The van der Waals surface area contributed by atoms with E-state index in [4.69, 9.17) is 0 Å². The number of nitrogens with one attached hydrogen (secondary N) is 3. The predicted molar refractivity (Wildman–Crippen MR) is 162 cm³/mol. The largest absolute Gasteiger partial charge is 0.341 e. The van der Waals surface area contributed by atoms with E-state index in [9.17, 15) is 13.2 Å². The summed E-state index contributed by atoms with van der Waals surface area (Å²) in [7, 11) is -2.88. The van der Waals surface area contributed by atoms with Crippen LogP contribution < -0.4 is 10.6 Å². The highest BCUT2D eigenvalue weighted by atomic mass is 32.2. The number of rotatable bonds is 7. The molecule has 212 valence electrons. The van der Waals surface area contributed by atoms with Crippen LogP contribution in [0.15, 0.2) is 79.0 Å². The van der Waals surface area contributed by atoms with Gasteiger partial charge in [0.25, 0.3) is 5.91 Å². The Kier molecular flexibility index (Phi) is 8.00. The number of aromatic nitrogens is 2. The lowest BCUT2D eigenvalue weighted by Gasteiger charge is -2.26. The van der Waals surface area contributed by atoms with Gasteiger partial charge in [-0.05, 0) is 65.9 Å². The smallest absolute Gasteiger partial charge is 0.255 e. The van der Waals surface area contributed by atoms with Gasteiger partial charge in [0.15, 0.2) is 9.84 Å². The second kappa shape index (κ2) is 12.0. The van der Waals surface area contributed by atoms with Crippen molar-refractivity contribution in [3.63, 3.8) is 0 Å². The van der Waals surface area contributed by atoms with E-state index >= 15 is 0 Å². The Hall–Kier alpha value is -3.79. The molecule has 1 aromatic heterocycles. The van der Waals surface area contributed by atoms with Gasteiger partial charge in [-0.2, -0.15) is 0 Å². The number of carbonyl (C=O) groups excluding carboxylic acids is 1. The van der Waals surface area contributed by atoms with Crippen molar-refractivity contribution in [2.45, 2.75) is 31.8 Å². The molecule has 0 unspecified atom stereocenters. The number of imidazole rings is 1. The minimum atomic E-state index is -2.88. The molecule has 4 aromatic rings. The minimum absolute atomic E-state index is 0.164. The van der Waals surface area contributed by atoms with Gasteiger partial charge in [-0.25, -0.2) is 13.4 Å². The molecule has 9 heteroatoms. The molecule has 41 heavy (non-hydrogen) atoms. The van der Waals surface area contributed by atoms with E-state index in [1.807, 2.05) is 54.7 Å². The lowest BCUT2D eigenvalue weighted by atomic mass is 10.0. The number of piperidine rings is 1. The summed E-state index contributed by atoms with van der Waals surface area (Å²) in [5.41, 5.74) is 6.63. The monoisotopic (exact) mass is 569 g/mol. The summed E-state index contributed by atoms with van der Waals surface area (Å²) < 4.78 is 23.3. The fraction of sp³-hybridized carbons (Fsp3) is 0.312. The number of benzene rings is 3. The third-order valence-corrected chi connectivity index (χ3v) is 9.58. The third-order valence-electron chi connectivity index (χ3n) is 7.97. The summed E-state index contributed by atoms with van der Waals surface area (Å²) in [6, 6.07) is 24.0. The number of aromatic amines is 1. The van der Waals surface area contributed by atoms with Crippen LogP contribution in [0.5, 0.6) is 0 Å². The molecular formula is C32H35N5O3S. The van der Waals surface area contributed by atoms with Crippen LogP contribution in [-0.2, 0) is 16.4 Å². The molecule has 1 amide bonds. The van der Waals surface area contributed by atoms with Gasteiger partial charge in [-0.15, -0.1) is 0 Å². The normalized spacial score (nSPS) is 19.1. The Morgan fingerprint density at radius 2 is 1.54 bits per heavy atom. The van der Waals surface area contributed by atoms with Gasteiger partial charge in [0, 0.05) is 30.9 Å². The maximum absolute atomic E-state index is 12.9. The molecule has 6 rings (SSSR count). The molecule has 2 saturated heterocycles. The maximum atomic E-state index is 12.9. The van der Waals surface area contributed by atoms with Crippen molar-refractivity contribution in [1.29, 1.82) is 0 Å². The third kappa shape index (κ3) is 6.75. The highest BCUT2D eigenvalue weighted by Crippen LogP contribution is 2.27. The van der Waals surface area contributed by atoms with Crippen molar-refractivity contribution in [2.75, 3.05) is 36.5 Å². The highest BCUT2D eigenvalue weighted by molar-refractivity contribution is 7.91. The molecule has 0 aliphatic carbocycles. The van der Waals surface area contributed by atoms with E-state index in [2.05, 4.69) is 49.8 Å². The van der Waals surface area contributed by atoms with Crippen molar-refractivity contribution >= 4 is 21.4 Å². The first-order chi connectivity index (χ1) is 19.9. The fourth-order valence-corrected chi connectivity index (χ4v) is 6.74. The molecule has 2 aliphatic rings. The Balaban J connectivity index is 1.04. The van der Waals surface area contributed by atoms with E-state index in [-0.39, 0.29) is 17.4 Å². The SMILES string of the molecule is O=C(Nc1ccc(CN2CCS(=O)(=O)CC2)cc1)c1ccc(-c2ccc(-c3cnc([C@@H]4CCCCN4)[nH]3)cc2)cc1. The quantitative estimate of drug-likeness (QED) is 0.288. The Morgan fingerprint density at radius 3 is 2.20 bits per heavy atom. The molecule has 0 bridgehead atoms. The minimum Gasteiger partial charge on any atom is -0.341 e. The van der Waals surface area contributed by atoms with Crippen molar-refractivity contribution in [1.82, 2.24) is 20.2 Å². The number of carbonyl (C=O) groups is 1. The number of hydrogen-bond acceptors (Lipinski definition) is 6. The highest BCUT2D eigenvalue weighted by Gasteiger charge is 2.21. The van der Waals surface area contributed by atoms with Gasteiger partial charge in [0.2, 0.25) is 0 Å². The Labute approximate surface area is 241 Å². The second-order valence-electron chi connectivity index (χ2n) is 10.9. The molecule has 8 nitrogen and oxygen atoms in total. The molecule has 3 N–H and O–H groups in total.